The van der Waals surface area contributed by atoms with Crippen LogP contribution in [-0.4, -0.2) is 27.4 Å². The van der Waals surface area contributed by atoms with Gasteiger partial charge in [0.2, 0.25) is 0 Å². The van der Waals surface area contributed by atoms with Gasteiger partial charge in [-0.3, -0.25) is 4.99 Å². The number of para-hydroxylation sites is 1. The lowest BCUT2D eigenvalue weighted by molar-refractivity contribution is 0.780. The molecule has 0 amide bonds. The standard InChI is InChI=1S/C20H26N6/c1-15-11-16(2)26(24-15)19-8-6-5-7-18(19)13-23-20(21-3)22-12-17-9-10-25(4)14-17/h5-11,14H,12-13H2,1-4H3,(H2,21,22,23). The van der Waals surface area contributed by atoms with Crippen molar-refractivity contribution in [2.75, 3.05) is 7.05 Å². The van der Waals surface area contributed by atoms with Crippen LogP contribution >= 0.6 is 0 Å². The number of hydrogen-bond acceptors (Lipinski definition) is 2. The molecule has 6 nitrogen and oxygen atoms in total. The molecule has 1 aromatic carbocycles. The third kappa shape index (κ3) is 4.14. The van der Waals surface area contributed by atoms with Crippen LogP contribution in [0.2, 0.25) is 0 Å². The lowest BCUT2D eigenvalue weighted by Gasteiger charge is -2.15. The second-order valence-corrected chi connectivity index (χ2v) is 6.43. The Morgan fingerprint density at radius 2 is 1.88 bits per heavy atom. The van der Waals surface area contributed by atoms with Gasteiger partial charge in [0, 0.05) is 45.3 Å². The highest BCUT2D eigenvalue weighted by molar-refractivity contribution is 5.79. The summed E-state index contributed by atoms with van der Waals surface area (Å²) >= 11 is 0. The molecule has 0 saturated carbocycles. The van der Waals surface area contributed by atoms with Crippen molar-refractivity contribution < 1.29 is 0 Å². The number of nitrogens with zero attached hydrogens (tertiary/aromatic N) is 4. The topological polar surface area (TPSA) is 59.2 Å². The molecule has 0 saturated heterocycles. The smallest absolute Gasteiger partial charge is 0.191 e. The fraction of sp³-hybridized carbons (Fsp3) is 0.300. The predicted molar refractivity (Wildman–Crippen MR) is 105 cm³/mol. The molecule has 0 unspecified atom stereocenters. The van der Waals surface area contributed by atoms with Gasteiger partial charge < -0.3 is 15.2 Å². The first-order chi connectivity index (χ1) is 12.6. The summed E-state index contributed by atoms with van der Waals surface area (Å²) in [5.41, 5.74) is 5.62. The normalized spacial score (nSPS) is 11.6. The van der Waals surface area contributed by atoms with E-state index in [4.69, 9.17) is 0 Å². The molecule has 0 atom stereocenters. The molecule has 3 aromatic rings. The summed E-state index contributed by atoms with van der Waals surface area (Å²) in [6.07, 6.45) is 4.14. The molecule has 0 spiro atoms. The van der Waals surface area contributed by atoms with Gasteiger partial charge in [0.05, 0.1) is 11.4 Å². The van der Waals surface area contributed by atoms with Crippen molar-refractivity contribution in [3.05, 3.63) is 71.3 Å². The minimum atomic E-state index is 0.670. The number of hydrogen-bond donors (Lipinski definition) is 2. The summed E-state index contributed by atoms with van der Waals surface area (Å²) in [5.74, 6) is 0.775. The Kier molecular flexibility index (Phi) is 5.41. The first kappa shape index (κ1) is 17.8. The van der Waals surface area contributed by atoms with Gasteiger partial charge in [0.15, 0.2) is 5.96 Å². The third-order valence-corrected chi connectivity index (χ3v) is 4.25. The molecule has 26 heavy (non-hydrogen) atoms. The van der Waals surface area contributed by atoms with Gasteiger partial charge in [-0.2, -0.15) is 5.10 Å². The van der Waals surface area contributed by atoms with Crippen molar-refractivity contribution in [1.29, 1.82) is 0 Å². The molecule has 0 aliphatic rings. The quantitative estimate of drug-likeness (QED) is 0.549. The maximum Gasteiger partial charge on any atom is 0.191 e. The Labute approximate surface area is 154 Å². The van der Waals surface area contributed by atoms with Gasteiger partial charge in [0.25, 0.3) is 0 Å². The van der Waals surface area contributed by atoms with E-state index in [0.29, 0.717) is 6.54 Å². The third-order valence-electron chi connectivity index (χ3n) is 4.25. The van der Waals surface area contributed by atoms with Gasteiger partial charge in [-0.25, -0.2) is 4.68 Å². The van der Waals surface area contributed by atoms with Crippen LogP contribution in [0.3, 0.4) is 0 Å². The van der Waals surface area contributed by atoms with Crippen LogP contribution < -0.4 is 10.6 Å². The van der Waals surface area contributed by atoms with Crippen LogP contribution in [0.4, 0.5) is 0 Å². The summed E-state index contributed by atoms with van der Waals surface area (Å²) < 4.78 is 4.03. The van der Waals surface area contributed by atoms with Gasteiger partial charge in [0.1, 0.15) is 0 Å². The highest BCUT2D eigenvalue weighted by Crippen LogP contribution is 2.16. The van der Waals surface area contributed by atoms with Crippen molar-refractivity contribution in [1.82, 2.24) is 25.0 Å². The van der Waals surface area contributed by atoms with Crippen LogP contribution in [0.5, 0.6) is 0 Å². The van der Waals surface area contributed by atoms with Crippen LogP contribution in [0.15, 0.2) is 53.8 Å². The van der Waals surface area contributed by atoms with E-state index in [1.165, 1.54) is 11.1 Å². The minimum Gasteiger partial charge on any atom is -0.357 e. The van der Waals surface area contributed by atoms with Crippen molar-refractivity contribution in [3.63, 3.8) is 0 Å². The van der Waals surface area contributed by atoms with Crippen molar-refractivity contribution in [2.24, 2.45) is 12.0 Å². The van der Waals surface area contributed by atoms with Gasteiger partial charge in [-0.1, -0.05) is 18.2 Å². The summed E-state index contributed by atoms with van der Waals surface area (Å²) in [6, 6.07) is 12.5. The molecule has 0 aliphatic heterocycles. The number of benzene rings is 1. The van der Waals surface area contributed by atoms with Gasteiger partial charge in [-0.05, 0) is 43.2 Å². The van der Waals surface area contributed by atoms with Gasteiger partial charge >= 0.3 is 0 Å². The van der Waals surface area contributed by atoms with Crippen LogP contribution in [0.25, 0.3) is 5.69 Å². The van der Waals surface area contributed by atoms with Crippen molar-refractivity contribution in [2.45, 2.75) is 26.9 Å². The van der Waals surface area contributed by atoms with E-state index in [2.05, 4.69) is 58.1 Å². The van der Waals surface area contributed by atoms with Crippen molar-refractivity contribution in [3.8, 4) is 5.69 Å². The summed E-state index contributed by atoms with van der Waals surface area (Å²) in [4.78, 5) is 4.31. The highest BCUT2D eigenvalue weighted by atomic mass is 15.3. The van der Waals surface area contributed by atoms with E-state index in [1.54, 1.807) is 7.05 Å². The zero-order valence-corrected chi connectivity index (χ0v) is 15.8. The molecule has 136 valence electrons. The van der Waals surface area contributed by atoms with E-state index in [1.807, 2.05) is 41.5 Å². The number of guanidine groups is 1. The highest BCUT2D eigenvalue weighted by Gasteiger charge is 2.09. The Hall–Kier alpha value is -3.02. The number of nitrogens with one attached hydrogen (secondary N) is 2. The molecule has 2 heterocycles. The fourth-order valence-electron chi connectivity index (χ4n) is 2.99. The molecule has 2 aromatic heterocycles. The SMILES string of the molecule is CN=C(NCc1ccn(C)c1)NCc1ccccc1-n1nc(C)cc1C. The van der Waals surface area contributed by atoms with Crippen LogP contribution in [-0.2, 0) is 20.1 Å². The molecule has 0 aliphatic carbocycles. The zero-order chi connectivity index (χ0) is 18.5. The molecule has 3 rings (SSSR count). The lowest BCUT2D eigenvalue weighted by atomic mass is 10.1. The lowest BCUT2D eigenvalue weighted by Crippen LogP contribution is -2.36. The summed E-state index contributed by atoms with van der Waals surface area (Å²) in [7, 11) is 3.81. The first-order valence-electron chi connectivity index (χ1n) is 8.73. The molecule has 0 radical (unpaired) electrons. The molecular formula is C20H26N6. The van der Waals surface area contributed by atoms with Crippen molar-refractivity contribution >= 4 is 5.96 Å². The number of aliphatic imine (C=N–C) groups is 1. The van der Waals surface area contributed by atoms with E-state index >= 15 is 0 Å². The summed E-state index contributed by atoms with van der Waals surface area (Å²) in [5, 5.41) is 11.3. The van der Waals surface area contributed by atoms with Crippen LogP contribution in [0, 0.1) is 13.8 Å². The second kappa shape index (κ2) is 7.91. The monoisotopic (exact) mass is 350 g/mol. The molecule has 0 fully saturated rings. The average molecular weight is 350 g/mol. The Bertz CT molecular complexity index is 903. The van der Waals surface area contributed by atoms with E-state index in [-0.39, 0.29) is 0 Å². The second-order valence-electron chi connectivity index (χ2n) is 6.43. The average Bonchev–Trinajstić information content (AvgIpc) is 3.20. The Balaban J connectivity index is 1.68. The molecule has 0 bridgehead atoms. The maximum absolute atomic E-state index is 4.61. The van der Waals surface area contributed by atoms with Gasteiger partial charge in [-0.15, -0.1) is 0 Å². The Morgan fingerprint density at radius 3 is 2.54 bits per heavy atom. The zero-order valence-electron chi connectivity index (χ0n) is 15.8. The van der Waals surface area contributed by atoms with E-state index in [0.717, 1.165) is 29.6 Å². The fourth-order valence-corrected chi connectivity index (χ4v) is 2.99. The van der Waals surface area contributed by atoms with E-state index < -0.39 is 0 Å². The maximum atomic E-state index is 4.61. The minimum absolute atomic E-state index is 0.670. The van der Waals surface area contributed by atoms with E-state index in [9.17, 15) is 0 Å². The summed E-state index contributed by atoms with van der Waals surface area (Å²) in [6.45, 7) is 5.49. The number of rotatable bonds is 5. The van der Waals surface area contributed by atoms with Crippen LogP contribution in [0.1, 0.15) is 22.5 Å². The number of aromatic nitrogens is 3. The molecule has 2 N–H and O–H groups in total. The number of aryl methyl sites for hydroxylation is 3. The largest absolute Gasteiger partial charge is 0.357 e. The molecular weight excluding hydrogens is 324 g/mol. The predicted octanol–water partition coefficient (Wildman–Crippen LogP) is 2.69. The first-order valence-corrected chi connectivity index (χ1v) is 8.73. The molecule has 6 heteroatoms. The Morgan fingerprint density at radius 1 is 1.12 bits per heavy atom.